The molecule has 2 amide bonds. The van der Waals surface area contributed by atoms with Crippen LogP contribution in [0.15, 0.2) is 48.5 Å². The first-order valence-corrected chi connectivity index (χ1v) is 8.72. The minimum absolute atomic E-state index is 0.0404. The first kappa shape index (κ1) is 18.6. The highest BCUT2D eigenvalue weighted by Gasteiger charge is 2.09. The smallest absolute Gasteiger partial charge is 0.323 e. The normalized spacial score (nSPS) is 10.4. The average molecular weight is 341 g/mol. The van der Waals surface area contributed by atoms with Gasteiger partial charge < -0.3 is 20.3 Å². The number of anilines is 3. The number of ether oxygens (including phenoxy) is 1. The number of nitrogens with one attached hydrogen (secondary N) is 2. The zero-order valence-corrected chi connectivity index (χ0v) is 15.4. The van der Waals surface area contributed by atoms with Crippen molar-refractivity contribution in [2.45, 2.75) is 33.8 Å². The van der Waals surface area contributed by atoms with Crippen LogP contribution in [0.2, 0.25) is 0 Å². The number of para-hydroxylation sites is 2. The molecule has 0 fully saturated rings. The Labute approximate surface area is 150 Å². The maximum atomic E-state index is 12.3. The standard InChI is InChI=1S/C20H27N3O2/c1-5-23(6-2)17-13-11-16(12-14-17)21-20(24)22-18-9-7-8-10-19(18)25-15(3)4/h7-15H,5-6H2,1-4H3,(H2,21,22,24). The van der Waals surface area contributed by atoms with E-state index in [9.17, 15) is 4.79 Å². The number of amides is 2. The van der Waals surface area contributed by atoms with E-state index in [1.165, 1.54) is 0 Å². The lowest BCUT2D eigenvalue weighted by molar-refractivity contribution is 0.243. The summed E-state index contributed by atoms with van der Waals surface area (Å²) >= 11 is 0. The van der Waals surface area contributed by atoms with Gasteiger partial charge in [0.25, 0.3) is 0 Å². The second-order valence-corrected chi connectivity index (χ2v) is 5.96. The molecule has 2 aromatic carbocycles. The molecular formula is C20H27N3O2. The summed E-state index contributed by atoms with van der Waals surface area (Å²) in [4.78, 5) is 14.5. The van der Waals surface area contributed by atoms with Crippen LogP contribution >= 0.6 is 0 Å². The van der Waals surface area contributed by atoms with E-state index in [0.717, 1.165) is 24.5 Å². The molecule has 2 rings (SSSR count). The van der Waals surface area contributed by atoms with Gasteiger partial charge in [-0.15, -0.1) is 0 Å². The first-order chi connectivity index (χ1) is 12.0. The SMILES string of the molecule is CCN(CC)c1ccc(NC(=O)Nc2ccccc2OC(C)C)cc1. The number of rotatable bonds is 7. The van der Waals surface area contributed by atoms with E-state index < -0.39 is 0 Å². The zero-order valence-electron chi connectivity index (χ0n) is 15.4. The highest BCUT2D eigenvalue weighted by atomic mass is 16.5. The highest BCUT2D eigenvalue weighted by Crippen LogP contribution is 2.25. The van der Waals surface area contributed by atoms with E-state index in [0.29, 0.717) is 11.4 Å². The molecule has 25 heavy (non-hydrogen) atoms. The average Bonchev–Trinajstić information content (AvgIpc) is 2.59. The van der Waals surface area contributed by atoms with Crippen LogP contribution in [0.1, 0.15) is 27.7 Å². The lowest BCUT2D eigenvalue weighted by atomic mass is 10.2. The third-order valence-electron chi connectivity index (χ3n) is 3.75. The highest BCUT2D eigenvalue weighted by molar-refractivity contribution is 6.00. The maximum Gasteiger partial charge on any atom is 0.323 e. The van der Waals surface area contributed by atoms with Crippen LogP contribution in [0.3, 0.4) is 0 Å². The van der Waals surface area contributed by atoms with Crippen LogP contribution in [0, 0.1) is 0 Å². The van der Waals surface area contributed by atoms with Crippen LogP contribution in [-0.4, -0.2) is 25.2 Å². The molecule has 5 nitrogen and oxygen atoms in total. The van der Waals surface area contributed by atoms with Crippen LogP contribution in [0.5, 0.6) is 5.75 Å². The predicted molar refractivity (Wildman–Crippen MR) is 105 cm³/mol. The topological polar surface area (TPSA) is 53.6 Å². The van der Waals surface area contributed by atoms with Gasteiger partial charge in [-0.3, -0.25) is 0 Å². The summed E-state index contributed by atoms with van der Waals surface area (Å²) in [6.45, 7) is 10.1. The van der Waals surface area contributed by atoms with E-state index in [4.69, 9.17) is 4.74 Å². The predicted octanol–water partition coefficient (Wildman–Crippen LogP) is 4.96. The molecule has 0 radical (unpaired) electrons. The quantitative estimate of drug-likeness (QED) is 0.748. The summed E-state index contributed by atoms with van der Waals surface area (Å²) in [6.07, 6.45) is 0.0404. The molecule has 0 aliphatic heterocycles. The van der Waals surface area contributed by atoms with Crippen molar-refractivity contribution in [2.75, 3.05) is 28.6 Å². The van der Waals surface area contributed by atoms with Crippen molar-refractivity contribution in [1.29, 1.82) is 0 Å². The number of carbonyl (C=O) groups excluding carboxylic acids is 1. The van der Waals surface area contributed by atoms with Crippen LogP contribution < -0.4 is 20.3 Å². The third-order valence-corrected chi connectivity index (χ3v) is 3.75. The minimum atomic E-state index is -0.296. The summed E-state index contributed by atoms with van der Waals surface area (Å²) in [5, 5.41) is 5.69. The fourth-order valence-corrected chi connectivity index (χ4v) is 2.56. The van der Waals surface area contributed by atoms with Crippen molar-refractivity contribution in [3.63, 3.8) is 0 Å². The fourth-order valence-electron chi connectivity index (χ4n) is 2.56. The van der Waals surface area contributed by atoms with E-state index in [-0.39, 0.29) is 12.1 Å². The van der Waals surface area contributed by atoms with Crippen molar-refractivity contribution in [3.05, 3.63) is 48.5 Å². The summed E-state index contributed by atoms with van der Waals surface area (Å²) in [5.41, 5.74) is 2.54. The summed E-state index contributed by atoms with van der Waals surface area (Å²) in [7, 11) is 0. The van der Waals surface area contributed by atoms with Crippen molar-refractivity contribution >= 4 is 23.1 Å². The second kappa shape index (κ2) is 8.97. The summed E-state index contributed by atoms with van der Waals surface area (Å²) in [5.74, 6) is 0.657. The molecule has 0 saturated carbocycles. The van der Waals surface area contributed by atoms with Gasteiger partial charge in [-0.25, -0.2) is 4.79 Å². The number of nitrogens with zero attached hydrogens (tertiary/aromatic N) is 1. The van der Waals surface area contributed by atoms with Gasteiger partial charge in [0.05, 0.1) is 11.8 Å². The molecule has 0 atom stereocenters. The molecule has 2 aromatic rings. The van der Waals surface area contributed by atoms with E-state index in [1.807, 2.05) is 62.4 Å². The molecule has 5 heteroatoms. The van der Waals surface area contributed by atoms with Gasteiger partial charge in [0, 0.05) is 24.5 Å². The Morgan fingerprint density at radius 3 is 2.24 bits per heavy atom. The van der Waals surface area contributed by atoms with Crippen molar-refractivity contribution in [1.82, 2.24) is 0 Å². The number of urea groups is 1. The molecule has 0 saturated heterocycles. The Morgan fingerprint density at radius 1 is 1.00 bits per heavy atom. The Hall–Kier alpha value is -2.69. The lowest BCUT2D eigenvalue weighted by Crippen LogP contribution is -2.22. The molecule has 2 N–H and O–H groups in total. The van der Waals surface area contributed by atoms with Crippen LogP contribution in [0.4, 0.5) is 21.9 Å². The van der Waals surface area contributed by atoms with Gasteiger partial charge in [0.1, 0.15) is 5.75 Å². The van der Waals surface area contributed by atoms with Gasteiger partial charge in [0.2, 0.25) is 0 Å². The fraction of sp³-hybridized carbons (Fsp3) is 0.350. The number of hydrogen-bond acceptors (Lipinski definition) is 3. The molecule has 0 spiro atoms. The van der Waals surface area contributed by atoms with E-state index in [2.05, 4.69) is 29.4 Å². The molecular weight excluding hydrogens is 314 g/mol. The van der Waals surface area contributed by atoms with Crippen molar-refractivity contribution in [3.8, 4) is 5.75 Å². The minimum Gasteiger partial charge on any atom is -0.489 e. The molecule has 0 aliphatic rings. The monoisotopic (exact) mass is 341 g/mol. The van der Waals surface area contributed by atoms with Crippen molar-refractivity contribution in [2.24, 2.45) is 0 Å². The molecule has 0 aromatic heterocycles. The number of benzene rings is 2. The summed E-state index contributed by atoms with van der Waals surface area (Å²) < 4.78 is 5.72. The molecule has 0 unspecified atom stereocenters. The van der Waals surface area contributed by atoms with Crippen molar-refractivity contribution < 1.29 is 9.53 Å². The Balaban J connectivity index is 2.01. The van der Waals surface area contributed by atoms with Gasteiger partial charge in [-0.2, -0.15) is 0 Å². The number of carbonyl (C=O) groups is 1. The molecule has 0 aliphatic carbocycles. The molecule has 0 heterocycles. The summed E-state index contributed by atoms with van der Waals surface area (Å²) in [6, 6.07) is 14.9. The largest absolute Gasteiger partial charge is 0.489 e. The van der Waals surface area contributed by atoms with Gasteiger partial charge in [0.15, 0.2) is 0 Å². The lowest BCUT2D eigenvalue weighted by Gasteiger charge is -2.21. The Bertz CT molecular complexity index is 680. The van der Waals surface area contributed by atoms with Gasteiger partial charge in [-0.05, 0) is 64.1 Å². The molecule has 134 valence electrons. The van der Waals surface area contributed by atoms with Gasteiger partial charge in [-0.1, -0.05) is 12.1 Å². The number of hydrogen-bond donors (Lipinski definition) is 2. The third kappa shape index (κ3) is 5.41. The Kier molecular flexibility index (Phi) is 6.69. The molecule has 0 bridgehead atoms. The van der Waals surface area contributed by atoms with E-state index >= 15 is 0 Å². The first-order valence-electron chi connectivity index (χ1n) is 8.72. The van der Waals surface area contributed by atoms with E-state index in [1.54, 1.807) is 0 Å². The van der Waals surface area contributed by atoms with Crippen LogP contribution in [-0.2, 0) is 0 Å². The maximum absolute atomic E-state index is 12.3. The second-order valence-electron chi connectivity index (χ2n) is 5.96. The zero-order chi connectivity index (χ0) is 18.2. The van der Waals surface area contributed by atoms with Crippen LogP contribution in [0.25, 0.3) is 0 Å². The Morgan fingerprint density at radius 2 is 1.64 bits per heavy atom. The van der Waals surface area contributed by atoms with Gasteiger partial charge >= 0.3 is 6.03 Å².